The van der Waals surface area contributed by atoms with E-state index in [1.54, 1.807) is 13.0 Å². The van der Waals surface area contributed by atoms with E-state index in [1.165, 1.54) is 4.90 Å². The average molecular weight is 240 g/mol. The zero-order valence-corrected chi connectivity index (χ0v) is 9.99. The lowest BCUT2D eigenvalue weighted by molar-refractivity contribution is -0.907. The molecule has 2 N–H and O–H groups in total. The Hall–Kier alpha value is -1.40. The number of quaternary nitrogens is 1. The molecule has 2 rings (SSSR count). The minimum Gasteiger partial charge on any atom is -0.370 e. The summed E-state index contributed by atoms with van der Waals surface area (Å²) in [6, 6.07) is 1.71. The van der Waals surface area contributed by atoms with Gasteiger partial charge in [-0.25, -0.2) is 0 Å². The molecule has 1 amide bonds. The summed E-state index contributed by atoms with van der Waals surface area (Å²) in [4.78, 5) is 13.0. The predicted molar refractivity (Wildman–Crippen MR) is 60.9 cm³/mol. The number of nitrogens with one attached hydrogen (secondary N) is 2. The Balaban J connectivity index is 1.70. The van der Waals surface area contributed by atoms with E-state index in [0.29, 0.717) is 18.0 Å². The fourth-order valence-electron chi connectivity index (χ4n) is 1.83. The van der Waals surface area contributed by atoms with Gasteiger partial charge >= 0.3 is 0 Å². The molecule has 0 spiro atoms. The first-order valence-electron chi connectivity index (χ1n) is 5.88. The molecule has 0 bridgehead atoms. The quantitative estimate of drug-likeness (QED) is 0.725. The highest BCUT2D eigenvalue weighted by atomic mass is 16.5. The molecule has 1 aromatic heterocycles. The lowest BCUT2D eigenvalue weighted by Gasteiger charge is -2.23. The zero-order valence-electron chi connectivity index (χ0n) is 9.99. The number of amides is 1. The Morgan fingerprint density at radius 2 is 2.29 bits per heavy atom. The number of rotatable bonds is 4. The van der Waals surface area contributed by atoms with E-state index in [1.807, 2.05) is 0 Å². The van der Waals surface area contributed by atoms with Crippen LogP contribution in [0.15, 0.2) is 10.6 Å². The van der Waals surface area contributed by atoms with Crippen LogP contribution >= 0.6 is 0 Å². The molecule has 0 aromatic carbocycles. The van der Waals surface area contributed by atoms with E-state index in [9.17, 15) is 4.79 Å². The van der Waals surface area contributed by atoms with Crippen LogP contribution in [0.2, 0.25) is 0 Å². The molecule has 1 aliphatic heterocycles. The largest absolute Gasteiger partial charge is 0.370 e. The van der Waals surface area contributed by atoms with Crippen molar-refractivity contribution in [2.24, 2.45) is 0 Å². The van der Waals surface area contributed by atoms with Gasteiger partial charge in [0, 0.05) is 6.07 Å². The monoisotopic (exact) mass is 240 g/mol. The third-order valence-corrected chi connectivity index (χ3v) is 2.80. The van der Waals surface area contributed by atoms with Gasteiger partial charge in [0.2, 0.25) is 5.91 Å². The molecule has 2 heterocycles. The molecule has 1 fully saturated rings. The Labute approximate surface area is 99.9 Å². The topological polar surface area (TPSA) is 68.8 Å². The number of nitrogens with zero attached hydrogens (tertiary/aromatic N) is 1. The number of aromatic nitrogens is 1. The maximum absolute atomic E-state index is 11.6. The minimum atomic E-state index is -0.0164. The van der Waals surface area contributed by atoms with Crippen LogP contribution in [0.3, 0.4) is 0 Å². The van der Waals surface area contributed by atoms with Crippen LogP contribution in [-0.4, -0.2) is 43.9 Å². The summed E-state index contributed by atoms with van der Waals surface area (Å²) < 4.78 is 10.1. The lowest BCUT2D eigenvalue weighted by atomic mass is 10.3. The number of anilines is 1. The molecule has 0 radical (unpaired) electrons. The molecule has 0 saturated carbocycles. The first kappa shape index (κ1) is 12.1. The molecule has 6 heteroatoms. The summed E-state index contributed by atoms with van der Waals surface area (Å²) in [5, 5.41) is 6.43. The smallest absolute Gasteiger partial charge is 0.231 e. The van der Waals surface area contributed by atoms with E-state index in [4.69, 9.17) is 9.26 Å². The Bertz CT molecular complexity index is 372. The van der Waals surface area contributed by atoms with Crippen LogP contribution in [0, 0.1) is 6.92 Å². The van der Waals surface area contributed by atoms with Crippen molar-refractivity contribution in [3.05, 3.63) is 11.8 Å². The molecule has 94 valence electrons. The Morgan fingerprint density at radius 1 is 1.53 bits per heavy atom. The summed E-state index contributed by atoms with van der Waals surface area (Å²) in [6.45, 7) is 6.18. The minimum absolute atomic E-state index is 0.0164. The van der Waals surface area contributed by atoms with E-state index < -0.39 is 0 Å². The number of hydrogen-bond donors (Lipinski definition) is 2. The molecule has 17 heavy (non-hydrogen) atoms. The van der Waals surface area contributed by atoms with Gasteiger partial charge in [-0.05, 0) is 6.92 Å². The van der Waals surface area contributed by atoms with Crippen LogP contribution < -0.4 is 10.2 Å². The number of aryl methyl sites for hydroxylation is 1. The number of ether oxygens (including phenoxy) is 1. The summed E-state index contributed by atoms with van der Waals surface area (Å²) in [7, 11) is 0. The fraction of sp³-hybridized carbons (Fsp3) is 0.636. The summed E-state index contributed by atoms with van der Waals surface area (Å²) in [5.41, 5.74) is 0. The predicted octanol–water partition coefficient (Wildman–Crippen LogP) is -0.773. The van der Waals surface area contributed by atoms with Gasteiger partial charge in [0.25, 0.3) is 0 Å². The van der Waals surface area contributed by atoms with Crippen molar-refractivity contribution in [2.45, 2.75) is 13.3 Å². The van der Waals surface area contributed by atoms with Crippen LogP contribution in [-0.2, 0) is 9.53 Å². The van der Waals surface area contributed by atoms with Gasteiger partial charge in [0.1, 0.15) is 18.8 Å². The highest BCUT2D eigenvalue weighted by Crippen LogP contribution is 2.06. The molecule has 0 atom stereocenters. The van der Waals surface area contributed by atoms with Gasteiger partial charge in [0.05, 0.1) is 26.2 Å². The van der Waals surface area contributed by atoms with Crippen LogP contribution in [0.4, 0.5) is 5.82 Å². The van der Waals surface area contributed by atoms with Gasteiger partial charge in [-0.3, -0.25) is 4.79 Å². The normalized spacial score (nSPS) is 17.0. The lowest BCUT2D eigenvalue weighted by Crippen LogP contribution is -3.14. The molecule has 6 nitrogen and oxygen atoms in total. The molecular formula is C11H18N3O3+. The Morgan fingerprint density at radius 3 is 2.94 bits per heavy atom. The van der Waals surface area contributed by atoms with E-state index in [2.05, 4.69) is 10.5 Å². The number of hydrogen-bond acceptors (Lipinski definition) is 4. The highest BCUT2D eigenvalue weighted by Gasteiger charge is 2.15. The number of carbonyl (C=O) groups is 1. The molecular weight excluding hydrogens is 222 g/mol. The van der Waals surface area contributed by atoms with Gasteiger partial charge < -0.3 is 19.5 Å². The molecule has 1 aromatic rings. The van der Waals surface area contributed by atoms with Gasteiger partial charge in [0.15, 0.2) is 5.82 Å². The van der Waals surface area contributed by atoms with Gasteiger partial charge in [-0.2, -0.15) is 0 Å². The van der Waals surface area contributed by atoms with Crippen molar-refractivity contribution >= 4 is 11.7 Å². The summed E-state index contributed by atoms with van der Waals surface area (Å²) >= 11 is 0. The molecule has 0 unspecified atom stereocenters. The number of carbonyl (C=O) groups excluding carboxylic acids is 1. The first-order valence-corrected chi connectivity index (χ1v) is 5.88. The third kappa shape index (κ3) is 3.83. The molecule has 1 saturated heterocycles. The number of morpholine rings is 1. The molecule has 0 aliphatic carbocycles. The maximum Gasteiger partial charge on any atom is 0.231 e. The molecule has 1 aliphatic rings. The summed E-state index contributed by atoms with van der Waals surface area (Å²) in [6.07, 6.45) is 0.501. The standard InChI is InChI=1S/C11H17N3O3/c1-9-8-10(13-17-9)12-11(15)2-3-14-4-6-16-7-5-14/h8H,2-7H2,1H3,(H,12,13,15)/p+1. The van der Waals surface area contributed by atoms with Gasteiger partial charge in [-0.1, -0.05) is 5.16 Å². The van der Waals surface area contributed by atoms with Crippen LogP contribution in [0.1, 0.15) is 12.2 Å². The second kappa shape index (κ2) is 5.79. The van der Waals surface area contributed by atoms with Gasteiger partial charge in [-0.15, -0.1) is 0 Å². The Kier molecular flexibility index (Phi) is 4.11. The van der Waals surface area contributed by atoms with E-state index >= 15 is 0 Å². The van der Waals surface area contributed by atoms with Crippen molar-refractivity contribution < 1.29 is 19.0 Å². The van der Waals surface area contributed by atoms with E-state index in [0.717, 1.165) is 32.8 Å². The second-order valence-corrected chi connectivity index (χ2v) is 4.23. The van der Waals surface area contributed by atoms with Crippen molar-refractivity contribution in [3.63, 3.8) is 0 Å². The van der Waals surface area contributed by atoms with Crippen molar-refractivity contribution in [3.8, 4) is 0 Å². The van der Waals surface area contributed by atoms with Crippen LogP contribution in [0.25, 0.3) is 0 Å². The first-order chi connectivity index (χ1) is 8.24. The van der Waals surface area contributed by atoms with Crippen molar-refractivity contribution in [2.75, 3.05) is 38.2 Å². The maximum atomic E-state index is 11.6. The second-order valence-electron chi connectivity index (χ2n) is 4.23. The van der Waals surface area contributed by atoms with Crippen LogP contribution in [0.5, 0.6) is 0 Å². The SMILES string of the molecule is Cc1cc(NC(=O)CC[NH+]2CCOCC2)no1. The summed E-state index contributed by atoms with van der Waals surface area (Å²) in [5.74, 6) is 1.17. The fourth-order valence-corrected chi connectivity index (χ4v) is 1.83. The van der Waals surface area contributed by atoms with Crippen molar-refractivity contribution in [1.82, 2.24) is 5.16 Å². The third-order valence-electron chi connectivity index (χ3n) is 2.80. The van der Waals surface area contributed by atoms with E-state index in [-0.39, 0.29) is 5.91 Å². The average Bonchev–Trinajstić information content (AvgIpc) is 2.73. The highest BCUT2D eigenvalue weighted by molar-refractivity contribution is 5.89. The van der Waals surface area contributed by atoms with Crippen molar-refractivity contribution in [1.29, 1.82) is 0 Å². The zero-order chi connectivity index (χ0) is 12.1.